The SMILES string of the molecule is Cc1ccc(NC(=O)NCc2ccc(C#N)cc2F)cc1. The van der Waals surface area contributed by atoms with E-state index in [1.807, 2.05) is 25.1 Å². The first-order valence-corrected chi connectivity index (χ1v) is 6.38. The van der Waals surface area contributed by atoms with Crippen LogP contribution in [0.15, 0.2) is 42.5 Å². The van der Waals surface area contributed by atoms with Gasteiger partial charge in [-0.05, 0) is 31.2 Å². The number of amides is 2. The van der Waals surface area contributed by atoms with Gasteiger partial charge in [-0.15, -0.1) is 0 Å². The van der Waals surface area contributed by atoms with Crippen LogP contribution in [0, 0.1) is 24.1 Å². The Kier molecular flexibility index (Phi) is 4.52. The summed E-state index contributed by atoms with van der Waals surface area (Å²) in [5.74, 6) is -0.510. The molecule has 2 aromatic carbocycles. The van der Waals surface area contributed by atoms with Gasteiger partial charge in [0.25, 0.3) is 0 Å². The van der Waals surface area contributed by atoms with Gasteiger partial charge in [0, 0.05) is 17.8 Å². The molecule has 0 aliphatic rings. The van der Waals surface area contributed by atoms with Gasteiger partial charge < -0.3 is 10.6 Å². The second-order valence-corrected chi connectivity index (χ2v) is 4.59. The van der Waals surface area contributed by atoms with E-state index in [0.29, 0.717) is 11.3 Å². The van der Waals surface area contributed by atoms with Gasteiger partial charge in [0.15, 0.2) is 0 Å². The number of nitrogens with zero attached hydrogens (tertiary/aromatic N) is 1. The van der Waals surface area contributed by atoms with Gasteiger partial charge >= 0.3 is 6.03 Å². The van der Waals surface area contributed by atoms with Crippen LogP contribution in [0.25, 0.3) is 0 Å². The molecule has 2 rings (SSSR count). The van der Waals surface area contributed by atoms with E-state index in [1.165, 1.54) is 12.1 Å². The van der Waals surface area contributed by atoms with E-state index in [2.05, 4.69) is 10.6 Å². The molecule has 0 saturated heterocycles. The quantitative estimate of drug-likeness (QED) is 0.907. The number of benzene rings is 2. The van der Waals surface area contributed by atoms with Crippen molar-refractivity contribution in [3.05, 3.63) is 65.0 Å². The smallest absolute Gasteiger partial charge is 0.319 e. The van der Waals surface area contributed by atoms with Crippen LogP contribution in [0.3, 0.4) is 0 Å². The molecular weight excluding hydrogens is 269 g/mol. The zero-order chi connectivity index (χ0) is 15.2. The minimum absolute atomic E-state index is 0.0508. The molecule has 2 N–H and O–H groups in total. The molecule has 0 atom stereocenters. The average molecular weight is 283 g/mol. The highest BCUT2D eigenvalue weighted by molar-refractivity contribution is 5.89. The van der Waals surface area contributed by atoms with Crippen LogP contribution in [-0.2, 0) is 6.54 Å². The van der Waals surface area contributed by atoms with Crippen LogP contribution in [0.1, 0.15) is 16.7 Å². The number of aryl methyl sites for hydroxylation is 1. The summed E-state index contributed by atoms with van der Waals surface area (Å²) in [7, 11) is 0. The van der Waals surface area contributed by atoms with Gasteiger partial charge in [-0.3, -0.25) is 0 Å². The molecule has 2 aromatic rings. The summed E-state index contributed by atoms with van der Waals surface area (Å²) >= 11 is 0. The van der Waals surface area contributed by atoms with Crippen molar-refractivity contribution in [3.63, 3.8) is 0 Å². The molecule has 5 heteroatoms. The summed E-state index contributed by atoms with van der Waals surface area (Å²) in [4.78, 5) is 11.7. The van der Waals surface area contributed by atoms with Crippen LogP contribution in [0.2, 0.25) is 0 Å². The molecule has 2 amide bonds. The molecule has 0 unspecified atom stereocenters. The Morgan fingerprint density at radius 2 is 1.95 bits per heavy atom. The average Bonchev–Trinajstić information content (AvgIpc) is 2.48. The van der Waals surface area contributed by atoms with Gasteiger partial charge in [0.2, 0.25) is 0 Å². The van der Waals surface area contributed by atoms with Gasteiger partial charge in [-0.2, -0.15) is 5.26 Å². The Hall–Kier alpha value is -2.87. The molecule has 0 fully saturated rings. The van der Waals surface area contributed by atoms with Crippen molar-refractivity contribution in [2.75, 3.05) is 5.32 Å². The van der Waals surface area contributed by atoms with Gasteiger partial charge in [-0.25, -0.2) is 9.18 Å². The number of hydrogen-bond donors (Lipinski definition) is 2. The highest BCUT2D eigenvalue weighted by Gasteiger charge is 2.06. The first kappa shape index (κ1) is 14.5. The number of nitrogens with one attached hydrogen (secondary N) is 2. The first-order chi connectivity index (χ1) is 10.1. The van der Waals surface area contributed by atoms with Crippen molar-refractivity contribution >= 4 is 11.7 Å². The van der Waals surface area contributed by atoms with Crippen molar-refractivity contribution in [1.29, 1.82) is 5.26 Å². The van der Waals surface area contributed by atoms with E-state index in [0.717, 1.165) is 11.6 Å². The highest BCUT2D eigenvalue weighted by atomic mass is 19.1. The molecule has 0 radical (unpaired) electrons. The largest absolute Gasteiger partial charge is 0.334 e. The summed E-state index contributed by atoms with van der Waals surface area (Å²) in [6.45, 7) is 2.01. The third-order valence-corrected chi connectivity index (χ3v) is 2.93. The van der Waals surface area contributed by atoms with E-state index in [-0.39, 0.29) is 12.1 Å². The van der Waals surface area contributed by atoms with Crippen molar-refractivity contribution in [1.82, 2.24) is 5.32 Å². The Labute approximate surface area is 122 Å². The predicted octanol–water partition coefficient (Wildman–Crippen LogP) is 3.33. The van der Waals surface area contributed by atoms with Crippen molar-refractivity contribution in [2.24, 2.45) is 0 Å². The number of rotatable bonds is 3. The Morgan fingerprint density at radius 3 is 2.57 bits per heavy atom. The lowest BCUT2D eigenvalue weighted by Crippen LogP contribution is -2.28. The monoisotopic (exact) mass is 283 g/mol. The van der Waals surface area contributed by atoms with E-state index in [9.17, 15) is 9.18 Å². The second kappa shape index (κ2) is 6.53. The van der Waals surface area contributed by atoms with Gasteiger partial charge in [-0.1, -0.05) is 23.8 Å². The molecular formula is C16H14FN3O. The van der Waals surface area contributed by atoms with Gasteiger partial charge in [0.05, 0.1) is 11.6 Å². The zero-order valence-corrected chi connectivity index (χ0v) is 11.5. The molecule has 0 aliphatic heterocycles. The molecule has 0 heterocycles. The number of carbonyl (C=O) groups excluding carboxylic acids is 1. The van der Waals surface area contributed by atoms with Crippen molar-refractivity contribution < 1.29 is 9.18 Å². The lowest BCUT2D eigenvalue weighted by atomic mass is 10.1. The van der Waals surface area contributed by atoms with Crippen molar-refractivity contribution in [3.8, 4) is 6.07 Å². The standard InChI is InChI=1S/C16H14FN3O/c1-11-2-6-14(7-3-11)20-16(21)19-10-13-5-4-12(9-18)8-15(13)17/h2-8H,10H2,1H3,(H2,19,20,21). The number of hydrogen-bond acceptors (Lipinski definition) is 2. The fraction of sp³-hybridized carbons (Fsp3) is 0.125. The van der Waals surface area contributed by atoms with Crippen LogP contribution >= 0.6 is 0 Å². The number of urea groups is 1. The Morgan fingerprint density at radius 1 is 1.24 bits per heavy atom. The maximum absolute atomic E-state index is 13.6. The maximum Gasteiger partial charge on any atom is 0.319 e. The lowest BCUT2D eigenvalue weighted by molar-refractivity contribution is 0.251. The highest BCUT2D eigenvalue weighted by Crippen LogP contribution is 2.11. The number of carbonyl (C=O) groups is 1. The first-order valence-electron chi connectivity index (χ1n) is 6.38. The van der Waals surface area contributed by atoms with E-state index in [1.54, 1.807) is 12.1 Å². The fourth-order valence-corrected chi connectivity index (χ4v) is 1.75. The lowest BCUT2D eigenvalue weighted by Gasteiger charge is -2.08. The summed E-state index contributed by atoms with van der Waals surface area (Å²) in [5.41, 5.74) is 2.34. The second-order valence-electron chi connectivity index (χ2n) is 4.59. The van der Waals surface area contributed by atoms with Gasteiger partial charge in [0.1, 0.15) is 5.82 Å². The molecule has 106 valence electrons. The normalized spacial score (nSPS) is 9.76. The molecule has 0 aliphatic carbocycles. The summed E-state index contributed by atoms with van der Waals surface area (Å²) in [6, 6.07) is 12.9. The van der Waals surface area contributed by atoms with Crippen LogP contribution in [-0.4, -0.2) is 6.03 Å². The topological polar surface area (TPSA) is 64.9 Å². The summed E-state index contributed by atoms with van der Waals surface area (Å²) in [6.07, 6.45) is 0. The van der Waals surface area contributed by atoms with Crippen LogP contribution < -0.4 is 10.6 Å². The summed E-state index contributed by atoms with van der Waals surface area (Å²) in [5, 5.41) is 13.9. The van der Waals surface area contributed by atoms with E-state index in [4.69, 9.17) is 5.26 Å². The van der Waals surface area contributed by atoms with Crippen LogP contribution in [0.4, 0.5) is 14.9 Å². The number of anilines is 1. The molecule has 0 spiro atoms. The fourth-order valence-electron chi connectivity index (χ4n) is 1.75. The summed E-state index contributed by atoms with van der Waals surface area (Å²) < 4.78 is 13.6. The third-order valence-electron chi connectivity index (χ3n) is 2.93. The van der Waals surface area contributed by atoms with E-state index >= 15 is 0 Å². The number of halogens is 1. The van der Waals surface area contributed by atoms with Crippen LogP contribution in [0.5, 0.6) is 0 Å². The minimum Gasteiger partial charge on any atom is -0.334 e. The molecule has 4 nitrogen and oxygen atoms in total. The Bertz CT molecular complexity index is 690. The minimum atomic E-state index is -0.510. The predicted molar refractivity (Wildman–Crippen MR) is 78.2 cm³/mol. The van der Waals surface area contributed by atoms with Crippen molar-refractivity contribution in [2.45, 2.75) is 13.5 Å². The zero-order valence-electron chi connectivity index (χ0n) is 11.5. The molecule has 0 bridgehead atoms. The molecule has 21 heavy (non-hydrogen) atoms. The maximum atomic E-state index is 13.6. The third kappa shape index (κ3) is 4.05. The number of nitriles is 1. The molecule has 0 saturated carbocycles. The molecule has 0 aromatic heterocycles. The van der Waals surface area contributed by atoms with E-state index < -0.39 is 11.8 Å². The Balaban J connectivity index is 1.92.